The van der Waals surface area contributed by atoms with E-state index in [1.807, 2.05) is 0 Å². The van der Waals surface area contributed by atoms with Gasteiger partial charge in [0, 0.05) is 5.37 Å². The molecular formula is C13H16O6S. The zero-order valence-electron chi connectivity index (χ0n) is 10.5. The molecule has 1 fully saturated rings. The summed E-state index contributed by atoms with van der Waals surface area (Å²) in [6.45, 7) is -0.491. The Morgan fingerprint density at radius 1 is 1.10 bits per heavy atom. The summed E-state index contributed by atoms with van der Waals surface area (Å²) in [7, 11) is 0. The van der Waals surface area contributed by atoms with Gasteiger partial charge in [-0.25, -0.2) is 0 Å². The number of aliphatic hydroxyl groups is 4. The maximum Gasteiger partial charge on any atom is 0.229 e. The van der Waals surface area contributed by atoms with Crippen molar-refractivity contribution < 1.29 is 29.9 Å². The van der Waals surface area contributed by atoms with E-state index < -0.39 is 37.3 Å². The molecule has 20 heavy (non-hydrogen) atoms. The molecule has 1 aliphatic rings. The fourth-order valence-corrected chi connectivity index (χ4v) is 2.08. The lowest BCUT2D eigenvalue weighted by Crippen LogP contribution is -2.60. The monoisotopic (exact) mass is 300 g/mol. The van der Waals surface area contributed by atoms with Crippen molar-refractivity contribution in [1.82, 2.24) is 0 Å². The van der Waals surface area contributed by atoms with Crippen LogP contribution in [0.1, 0.15) is 5.56 Å². The Morgan fingerprint density at radius 3 is 2.30 bits per heavy atom. The lowest BCUT2D eigenvalue weighted by molar-refractivity contribution is -0.277. The summed E-state index contributed by atoms with van der Waals surface area (Å²) in [4.78, 5) is 0. The number of aliphatic hydroxyl groups excluding tert-OH is 4. The first kappa shape index (κ1) is 15.3. The van der Waals surface area contributed by atoms with E-state index in [1.165, 1.54) is 5.37 Å². The zero-order chi connectivity index (χ0) is 14.7. The molecule has 5 atom stereocenters. The Balaban J connectivity index is 2.08. The fraction of sp³-hybridized carbons (Fsp3) is 0.462. The first-order chi connectivity index (χ1) is 9.56. The minimum absolute atomic E-state index is 0.412. The third-order valence-electron chi connectivity index (χ3n) is 3.12. The molecule has 0 saturated carbocycles. The van der Waals surface area contributed by atoms with Gasteiger partial charge in [0.1, 0.15) is 30.2 Å². The summed E-state index contributed by atoms with van der Waals surface area (Å²) in [6.07, 6.45) is -6.43. The van der Waals surface area contributed by atoms with Crippen LogP contribution in [-0.4, -0.2) is 63.1 Å². The van der Waals surface area contributed by atoms with Crippen LogP contribution in [0.4, 0.5) is 0 Å². The SMILES string of the molecule is OC[C@H]1OC(Oc2ccc(C=S)cc2)[C@H](O)[C@@H](O)[C@H]1O. The molecule has 1 aromatic rings. The smallest absolute Gasteiger partial charge is 0.229 e. The van der Waals surface area contributed by atoms with Crippen molar-refractivity contribution in [2.45, 2.75) is 30.7 Å². The normalized spacial score (nSPS) is 33.7. The molecule has 2 rings (SSSR count). The van der Waals surface area contributed by atoms with E-state index in [0.29, 0.717) is 5.75 Å². The predicted octanol–water partition coefficient (Wildman–Crippen LogP) is -0.787. The zero-order valence-corrected chi connectivity index (χ0v) is 11.3. The van der Waals surface area contributed by atoms with Gasteiger partial charge < -0.3 is 29.9 Å². The summed E-state index contributed by atoms with van der Waals surface area (Å²) in [5, 5.41) is 39.7. The quantitative estimate of drug-likeness (QED) is 0.541. The molecule has 0 aliphatic carbocycles. The van der Waals surface area contributed by atoms with Crippen LogP contribution in [0.25, 0.3) is 0 Å². The third-order valence-corrected chi connectivity index (χ3v) is 3.39. The molecule has 0 bridgehead atoms. The Bertz CT molecular complexity index is 449. The van der Waals surface area contributed by atoms with Crippen LogP contribution in [0, 0.1) is 0 Å². The fourth-order valence-electron chi connectivity index (χ4n) is 1.92. The molecule has 110 valence electrons. The number of hydrogen-bond acceptors (Lipinski definition) is 7. The topological polar surface area (TPSA) is 99.4 Å². The van der Waals surface area contributed by atoms with E-state index in [2.05, 4.69) is 0 Å². The second kappa shape index (κ2) is 6.57. The second-order valence-corrected chi connectivity index (χ2v) is 4.74. The van der Waals surface area contributed by atoms with E-state index in [1.54, 1.807) is 24.3 Å². The molecule has 1 saturated heterocycles. The summed E-state index contributed by atoms with van der Waals surface area (Å²) < 4.78 is 10.6. The van der Waals surface area contributed by atoms with E-state index in [4.69, 9.17) is 26.8 Å². The largest absolute Gasteiger partial charge is 0.462 e. The van der Waals surface area contributed by atoms with Crippen molar-refractivity contribution in [3.63, 3.8) is 0 Å². The third kappa shape index (κ3) is 3.14. The van der Waals surface area contributed by atoms with Crippen molar-refractivity contribution in [1.29, 1.82) is 0 Å². The average molecular weight is 300 g/mol. The van der Waals surface area contributed by atoms with Crippen molar-refractivity contribution in [3.8, 4) is 5.75 Å². The molecule has 0 aromatic heterocycles. The van der Waals surface area contributed by atoms with E-state index in [-0.39, 0.29) is 0 Å². The highest BCUT2D eigenvalue weighted by Gasteiger charge is 2.44. The van der Waals surface area contributed by atoms with Crippen molar-refractivity contribution in [2.24, 2.45) is 0 Å². The number of benzene rings is 1. The number of hydrogen-bond donors (Lipinski definition) is 4. The van der Waals surface area contributed by atoms with Gasteiger partial charge in [-0.2, -0.15) is 0 Å². The van der Waals surface area contributed by atoms with Gasteiger partial charge in [-0.3, -0.25) is 0 Å². The van der Waals surface area contributed by atoms with Crippen LogP contribution in [0.5, 0.6) is 5.75 Å². The number of thiocarbonyl (C=S) groups is 1. The summed E-state index contributed by atoms with van der Waals surface area (Å²) in [6, 6.07) is 6.73. The van der Waals surface area contributed by atoms with Gasteiger partial charge in [-0.05, 0) is 17.7 Å². The van der Waals surface area contributed by atoms with Crippen LogP contribution < -0.4 is 4.74 Å². The van der Waals surface area contributed by atoms with E-state index in [0.717, 1.165) is 5.56 Å². The lowest BCUT2D eigenvalue weighted by atomic mass is 9.99. The summed E-state index contributed by atoms with van der Waals surface area (Å²) in [5.41, 5.74) is 0.834. The first-order valence-electron chi connectivity index (χ1n) is 6.09. The van der Waals surface area contributed by atoms with Crippen molar-refractivity contribution >= 4 is 17.6 Å². The standard InChI is InChI=1S/C13H16O6S/c14-5-9-10(15)11(16)12(17)13(19-9)18-8-3-1-7(6-20)2-4-8/h1-4,6,9-17H,5H2/t9-,10+,11+,12-,13?/m1/s1. The van der Waals surface area contributed by atoms with Crippen LogP contribution in [0.3, 0.4) is 0 Å². The van der Waals surface area contributed by atoms with E-state index >= 15 is 0 Å². The van der Waals surface area contributed by atoms with Crippen LogP contribution in [0.15, 0.2) is 24.3 Å². The summed E-state index contributed by atoms with van der Waals surface area (Å²) in [5.74, 6) is 0.412. The maximum absolute atomic E-state index is 9.82. The highest BCUT2D eigenvalue weighted by Crippen LogP contribution is 2.24. The molecule has 0 amide bonds. The Morgan fingerprint density at radius 2 is 1.75 bits per heavy atom. The van der Waals surface area contributed by atoms with Gasteiger partial charge in [0.25, 0.3) is 0 Å². The van der Waals surface area contributed by atoms with Gasteiger partial charge in [0.15, 0.2) is 0 Å². The molecule has 1 unspecified atom stereocenters. The molecule has 1 aliphatic heterocycles. The van der Waals surface area contributed by atoms with E-state index in [9.17, 15) is 15.3 Å². The molecule has 0 radical (unpaired) electrons. The van der Waals surface area contributed by atoms with Gasteiger partial charge in [0.05, 0.1) is 6.61 Å². The van der Waals surface area contributed by atoms with Gasteiger partial charge in [-0.15, -0.1) is 0 Å². The predicted molar refractivity (Wildman–Crippen MR) is 73.6 cm³/mol. The summed E-state index contributed by atoms with van der Waals surface area (Å²) >= 11 is 4.78. The van der Waals surface area contributed by atoms with Gasteiger partial charge >= 0.3 is 0 Å². The molecule has 4 N–H and O–H groups in total. The lowest BCUT2D eigenvalue weighted by Gasteiger charge is -2.39. The Hall–Kier alpha value is -1.09. The van der Waals surface area contributed by atoms with Crippen LogP contribution in [-0.2, 0) is 4.74 Å². The molecule has 6 nitrogen and oxygen atoms in total. The Kier molecular flexibility index (Phi) is 5.03. The van der Waals surface area contributed by atoms with Crippen molar-refractivity contribution in [2.75, 3.05) is 6.61 Å². The second-order valence-electron chi connectivity index (χ2n) is 4.50. The van der Waals surface area contributed by atoms with Crippen LogP contribution in [0.2, 0.25) is 0 Å². The highest BCUT2D eigenvalue weighted by molar-refractivity contribution is 7.79. The number of rotatable bonds is 4. The highest BCUT2D eigenvalue weighted by atomic mass is 32.1. The Labute approximate surface area is 121 Å². The molecule has 1 heterocycles. The van der Waals surface area contributed by atoms with Crippen molar-refractivity contribution in [3.05, 3.63) is 29.8 Å². The average Bonchev–Trinajstić information content (AvgIpc) is 2.48. The minimum Gasteiger partial charge on any atom is -0.462 e. The van der Waals surface area contributed by atoms with Gasteiger partial charge in [-0.1, -0.05) is 24.4 Å². The maximum atomic E-state index is 9.82. The van der Waals surface area contributed by atoms with Crippen LogP contribution >= 0.6 is 12.2 Å². The first-order valence-corrected chi connectivity index (χ1v) is 6.56. The molecule has 0 spiro atoms. The number of ether oxygens (including phenoxy) is 2. The minimum atomic E-state index is -1.45. The molecular weight excluding hydrogens is 284 g/mol. The van der Waals surface area contributed by atoms with Gasteiger partial charge in [0.2, 0.25) is 6.29 Å². The molecule has 7 heteroatoms. The molecule has 1 aromatic carbocycles.